The second kappa shape index (κ2) is 6.83. The zero-order chi connectivity index (χ0) is 18.9. The third-order valence-corrected chi connectivity index (χ3v) is 4.93. The number of nitrogens with zero attached hydrogens (tertiary/aromatic N) is 1. The molecule has 1 aliphatic heterocycles. The molecule has 0 aromatic heterocycles. The second-order valence-corrected chi connectivity index (χ2v) is 6.87. The summed E-state index contributed by atoms with van der Waals surface area (Å²) in [7, 11) is 3.17. The first-order valence-electron chi connectivity index (χ1n) is 8.57. The van der Waals surface area contributed by atoms with Gasteiger partial charge in [-0.2, -0.15) is 0 Å². The lowest BCUT2D eigenvalue weighted by molar-refractivity contribution is -0.134. The van der Waals surface area contributed by atoms with Gasteiger partial charge in [0.25, 0.3) is 5.91 Å². The first-order valence-corrected chi connectivity index (χ1v) is 8.57. The summed E-state index contributed by atoms with van der Waals surface area (Å²) in [5, 5.41) is 0. The van der Waals surface area contributed by atoms with Crippen molar-refractivity contribution in [1.82, 2.24) is 4.90 Å². The van der Waals surface area contributed by atoms with E-state index in [4.69, 9.17) is 9.47 Å². The summed E-state index contributed by atoms with van der Waals surface area (Å²) in [6.07, 6.45) is 0.552. The van der Waals surface area contributed by atoms with Crippen molar-refractivity contribution in [1.29, 1.82) is 0 Å². The van der Waals surface area contributed by atoms with Crippen LogP contribution in [0.2, 0.25) is 0 Å². The van der Waals surface area contributed by atoms with Crippen LogP contribution in [-0.2, 0) is 16.6 Å². The van der Waals surface area contributed by atoms with Crippen LogP contribution in [0.1, 0.15) is 35.3 Å². The number of amides is 2. The quantitative estimate of drug-likeness (QED) is 0.775. The van der Waals surface area contributed by atoms with Gasteiger partial charge in [-0.3, -0.25) is 14.5 Å². The van der Waals surface area contributed by atoms with E-state index >= 15 is 0 Å². The first kappa shape index (κ1) is 18.0. The Balaban J connectivity index is 1.85. The molecule has 0 saturated heterocycles. The van der Waals surface area contributed by atoms with Crippen LogP contribution in [0.3, 0.4) is 0 Å². The highest BCUT2D eigenvalue weighted by atomic mass is 16.5. The van der Waals surface area contributed by atoms with Crippen LogP contribution in [0.4, 0.5) is 0 Å². The SMILES string of the molecule is COc1ccc(CCN2C(=O)c3ccccc3C(C)(C)C2=O)cc1OC. The third kappa shape index (κ3) is 2.94. The Bertz CT molecular complexity index is 857. The Morgan fingerprint density at radius 2 is 1.65 bits per heavy atom. The minimum absolute atomic E-state index is 0.165. The van der Waals surface area contributed by atoms with Crippen molar-refractivity contribution in [2.24, 2.45) is 0 Å². The molecule has 1 heterocycles. The number of rotatable bonds is 5. The highest BCUT2D eigenvalue weighted by molar-refractivity contribution is 6.12. The summed E-state index contributed by atoms with van der Waals surface area (Å²) in [6, 6.07) is 12.9. The Labute approximate surface area is 153 Å². The fourth-order valence-electron chi connectivity index (χ4n) is 3.38. The molecule has 0 fully saturated rings. The van der Waals surface area contributed by atoms with Crippen molar-refractivity contribution in [3.63, 3.8) is 0 Å². The molecule has 5 heteroatoms. The lowest BCUT2D eigenvalue weighted by Crippen LogP contribution is -2.52. The Kier molecular flexibility index (Phi) is 4.72. The molecule has 26 heavy (non-hydrogen) atoms. The van der Waals surface area contributed by atoms with E-state index in [1.54, 1.807) is 20.3 Å². The smallest absolute Gasteiger partial charge is 0.260 e. The van der Waals surface area contributed by atoms with Gasteiger partial charge in [-0.25, -0.2) is 0 Å². The maximum atomic E-state index is 12.9. The first-order chi connectivity index (χ1) is 12.4. The van der Waals surface area contributed by atoms with Gasteiger partial charge in [0.05, 0.1) is 19.6 Å². The van der Waals surface area contributed by atoms with Gasteiger partial charge in [0, 0.05) is 12.1 Å². The maximum absolute atomic E-state index is 12.9. The molecule has 3 rings (SSSR count). The Hall–Kier alpha value is -2.82. The average Bonchev–Trinajstić information content (AvgIpc) is 2.66. The van der Waals surface area contributed by atoms with Crippen LogP contribution in [0.5, 0.6) is 11.5 Å². The fraction of sp³-hybridized carbons (Fsp3) is 0.333. The van der Waals surface area contributed by atoms with Crippen molar-refractivity contribution in [3.8, 4) is 11.5 Å². The van der Waals surface area contributed by atoms with Crippen LogP contribution in [0.15, 0.2) is 42.5 Å². The van der Waals surface area contributed by atoms with E-state index in [1.807, 2.05) is 50.2 Å². The molecule has 136 valence electrons. The Morgan fingerprint density at radius 3 is 2.35 bits per heavy atom. The number of imide groups is 1. The van der Waals surface area contributed by atoms with Crippen LogP contribution >= 0.6 is 0 Å². The molecule has 0 aliphatic carbocycles. The highest BCUT2D eigenvalue weighted by Crippen LogP contribution is 2.34. The van der Waals surface area contributed by atoms with Crippen LogP contribution < -0.4 is 9.47 Å². The number of hydrogen-bond acceptors (Lipinski definition) is 4. The van der Waals surface area contributed by atoms with Gasteiger partial charge in [-0.1, -0.05) is 24.3 Å². The van der Waals surface area contributed by atoms with Crippen molar-refractivity contribution in [2.45, 2.75) is 25.7 Å². The van der Waals surface area contributed by atoms with E-state index < -0.39 is 5.41 Å². The molecular weight excluding hydrogens is 330 g/mol. The van der Waals surface area contributed by atoms with Gasteiger partial charge in [-0.05, 0) is 49.6 Å². The minimum atomic E-state index is -0.720. The maximum Gasteiger partial charge on any atom is 0.260 e. The van der Waals surface area contributed by atoms with Crippen LogP contribution in [-0.4, -0.2) is 37.5 Å². The molecule has 1 aliphatic rings. The third-order valence-electron chi connectivity index (χ3n) is 4.93. The van der Waals surface area contributed by atoms with Gasteiger partial charge < -0.3 is 9.47 Å². The number of benzene rings is 2. The minimum Gasteiger partial charge on any atom is -0.493 e. The van der Waals surface area contributed by atoms with E-state index in [-0.39, 0.29) is 11.8 Å². The van der Waals surface area contributed by atoms with E-state index in [2.05, 4.69) is 0 Å². The molecule has 2 aromatic rings. The second-order valence-electron chi connectivity index (χ2n) is 6.87. The molecule has 0 unspecified atom stereocenters. The molecule has 0 saturated carbocycles. The van der Waals surface area contributed by atoms with E-state index in [9.17, 15) is 9.59 Å². The molecule has 2 amide bonds. The lowest BCUT2D eigenvalue weighted by atomic mass is 9.77. The van der Waals surface area contributed by atoms with Gasteiger partial charge in [0.1, 0.15) is 0 Å². The van der Waals surface area contributed by atoms with Gasteiger partial charge in [0.2, 0.25) is 5.91 Å². The summed E-state index contributed by atoms with van der Waals surface area (Å²) in [6.45, 7) is 4.05. The lowest BCUT2D eigenvalue weighted by Gasteiger charge is -2.37. The molecule has 0 spiro atoms. The van der Waals surface area contributed by atoms with E-state index in [1.165, 1.54) is 4.90 Å². The standard InChI is InChI=1S/C21H23NO4/c1-21(2)16-8-6-5-7-15(16)19(23)22(20(21)24)12-11-14-9-10-17(25-3)18(13-14)26-4/h5-10,13H,11-12H2,1-4H3. The highest BCUT2D eigenvalue weighted by Gasteiger charge is 2.43. The molecule has 0 N–H and O–H groups in total. The summed E-state index contributed by atoms with van der Waals surface area (Å²) >= 11 is 0. The fourth-order valence-corrected chi connectivity index (χ4v) is 3.38. The number of methoxy groups -OCH3 is 2. The van der Waals surface area contributed by atoms with Crippen LogP contribution in [0, 0.1) is 0 Å². The zero-order valence-corrected chi connectivity index (χ0v) is 15.5. The van der Waals surface area contributed by atoms with Gasteiger partial charge in [-0.15, -0.1) is 0 Å². The van der Waals surface area contributed by atoms with Crippen molar-refractivity contribution in [2.75, 3.05) is 20.8 Å². The predicted octanol–water partition coefficient (Wildman–Crippen LogP) is 3.21. The normalized spacial score (nSPS) is 15.6. The topological polar surface area (TPSA) is 55.8 Å². The Morgan fingerprint density at radius 1 is 0.962 bits per heavy atom. The summed E-state index contributed by atoms with van der Waals surface area (Å²) in [4.78, 5) is 27.1. The molecule has 2 aromatic carbocycles. The largest absolute Gasteiger partial charge is 0.493 e. The zero-order valence-electron chi connectivity index (χ0n) is 15.5. The monoisotopic (exact) mass is 353 g/mol. The van der Waals surface area contributed by atoms with Gasteiger partial charge in [0.15, 0.2) is 11.5 Å². The molecule has 0 bridgehead atoms. The number of fused-ring (bicyclic) bond motifs is 1. The van der Waals surface area contributed by atoms with Crippen LogP contribution in [0.25, 0.3) is 0 Å². The summed E-state index contributed by atoms with van der Waals surface area (Å²) in [5.74, 6) is 0.885. The number of hydrogen-bond donors (Lipinski definition) is 0. The number of carbonyl (C=O) groups is 2. The van der Waals surface area contributed by atoms with E-state index in [0.29, 0.717) is 30.0 Å². The van der Waals surface area contributed by atoms with Gasteiger partial charge >= 0.3 is 0 Å². The number of ether oxygens (including phenoxy) is 2. The summed E-state index contributed by atoms with van der Waals surface area (Å²) < 4.78 is 10.6. The molecule has 0 atom stereocenters. The van der Waals surface area contributed by atoms with E-state index in [0.717, 1.165) is 11.1 Å². The predicted molar refractivity (Wildman–Crippen MR) is 98.8 cm³/mol. The molecule has 5 nitrogen and oxygen atoms in total. The van der Waals surface area contributed by atoms with Crippen molar-refractivity contribution < 1.29 is 19.1 Å². The average molecular weight is 353 g/mol. The van der Waals surface area contributed by atoms with Crippen molar-refractivity contribution >= 4 is 11.8 Å². The molecular formula is C21H23NO4. The van der Waals surface area contributed by atoms with Crippen molar-refractivity contribution in [3.05, 3.63) is 59.2 Å². The number of carbonyl (C=O) groups excluding carboxylic acids is 2. The summed E-state index contributed by atoms with van der Waals surface area (Å²) in [5.41, 5.74) is 1.64. The molecule has 0 radical (unpaired) electrons.